The molecular weight excluding hydrogens is 234 g/mol. The van der Waals surface area contributed by atoms with Gasteiger partial charge in [0.05, 0.1) is 12.6 Å². The molecule has 0 saturated carbocycles. The van der Waals surface area contributed by atoms with Gasteiger partial charge in [-0.15, -0.1) is 0 Å². The highest BCUT2D eigenvalue weighted by atomic mass is 16.3. The highest BCUT2D eigenvalue weighted by molar-refractivity contribution is 5.45. The van der Waals surface area contributed by atoms with Crippen LogP contribution in [-0.4, -0.2) is 17.8 Å². The molecular formula is C17H25NO. The molecule has 0 aliphatic heterocycles. The van der Waals surface area contributed by atoms with E-state index >= 15 is 0 Å². The van der Waals surface area contributed by atoms with Gasteiger partial charge < -0.3 is 10.4 Å². The van der Waals surface area contributed by atoms with E-state index in [0.29, 0.717) is 11.8 Å². The first kappa shape index (κ1) is 14.1. The van der Waals surface area contributed by atoms with E-state index in [1.807, 2.05) is 0 Å². The second-order valence-electron chi connectivity index (χ2n) is 5.99. The summed E-state index contributed by atoms with van der Waals surface area (Å²) in [5.41, 5.74) is 3.81. The van der Waals surface area contributed by atoms with E-state index in [0.717, 1.165) is 18.5 Å². The van der Waals surface area contributed by atoms with Crippen LogP contribution in [0.15, 0.2) is 35.9 Å². The molecule has 0 bridgehead atoms. The molecule has 3 unspecified atom stereocenters. The number of anilines is 1. The Hall–Kier alpha value is -1.28. The molecule has 0 radical (unpaired) electrons. The van der Waals surface area contributed by atoms with Crippen LogP contribution in [0, 0.1) is 18.8 Å². The van der Waals surface area contributed by atoms with Gasteiger partial charge in [-0.25, -0.2) is 0 Å². The third-order valence-corrected chi connectivity index (χ3v) is 4.00. The van der Waals surface area contributed by atoms with Crippen LogP contribution in [0.1, 0.15) is 32.3 Å². The normalized spacial score (nSPS) is 24.7. The first-order chi connectivity index (χ1) is 9.08. The average Bonchev–Trinajstić information content (AvgIpc) is 2.37. The molecule has 0 heterocycles. The fraction of sp³-hybridized carbons (Fsp3) is 0.529. The fourth-order valence-electron chi connectivity index (χ4n) is 3.08. The van der Waals surface area contributed by atoms with Crippen LogP contribution in [0.4, 0.5) is 5.69 Å². The lowest BCUT2D eigenvalue weighted by Crippen LogP contribution is -2.35. The van der Waals surface area contributed by atoms with Crippen molar-refractivity contribution in [2.75, 3.05) is 11.9 Å². The Morgan fingerprint density at radius 1 is 1.26 bits per heavy atom. The van der Waals surface area contributed by atoms with Crippen LogP contribution in [-0.2, 0) is 0 Å². The molecule has 2 nitrogen and oxygen atoms in total. The summed E-state index contributed by atoms with van der Waals surface area (Å²) in [5.74, 6) is 1.14. The molecule has 0 spiro atoms. The number of aryl methyl sites for hydroxylation is 1. The van der Waals surface area contributed by atoms with E-state index in [4.69, 9.17) is 0 Å². The molecule has 3 atom stereocenters. The Morgan fingerprint density at radius 2 is 1.95 bits per heavy atom. The van der Waals surface area contributed by atoms with Crippen LogP contribution in [0.3, 0.4) is 0 Å². The van der Waals surface area contributed by atoms with Crippen molar-refractivity contribution < 1.29 is 5.11 Å². The predicted molar refractivity (Wildman–Crippen MR) is 81.3 cm³/mol. The summed E-state index contributed by atoms with van der Waals surface area (Å²) in [4.78, 5) is 0. The third-order valence-electron chi connectivity index (χ3n) is 4.00. The van der Waals surface area contributed by atoms with Crippen molar-refractivity contribution in [3.8, 4) is 0 Å². The lowest BCUT2D eigenvalue weighted by Gasteiger charge is -2.32. The van der Waals surface area contributed by atoms with Crippen molar-refractivity contribution >= 4 is 5.69 Å². The number of aliphatic hydroxyl groups is 1. The highest BCUT2D eigenvalue weighted by Crippen LogP contribution is 2.31. The van der Waals surface area contributed by atoms with Crippen LogP contribution >= 0.6 is 0 Å². The van der Waals surface area contributed by atoms with Gasteiger partial charge in [0.2, 0.25) is 0 Å². The standard InChI is InChI=1S/C17H25NO/c1-12-4-6-16(7-5-12)18-17(11-19)15-9-13(2)8-14(3)10-15/h4-8,13,15,17-19H,9-11H2,1-3H3. The Bertz CT molecular complexity index is 435. The number of hydrogen-bond donors (Lipinski definition) is 2. The molecule has 0 fully saturated rings. The zero-order valence-corrected chi connectivity index (χ0v) is 12.2. The van der Waals surface area contributed by atoms with Crippen molar-refractivity contribution in [3.63, 3.8) is 0 Å². The van der Waals surface area contributed by atoms with E-state index < -0.39 is 0 Å². The summed E-state index contributed by atoms with van der Waals surface area (Å²) >= 11 is 0. The quantitative estimate of drug-likeness (QED) is 0.807. The maximum Gasteiger partial charge on any atom is 0.0635 e. The van der Waals surface area contributed by atoms with Crippen LogP contribution in [0.2, 0.25) is 0 Å². The number of nitrogens with one attached hydrogen (secondary N) is 1. The molecule has 1 aromatic rings. The van der Waals surface area contributed by atoms with Gasteiger partial charge in [-0.1, -0.05) is 36.3 Å². The summed E-state index contributed by atoms with van der Waals surface area (Å²) in [7, 11) is 0. The van der Waals surface area contributed by atoms with Crippen molar-refractivity contribution in [2.45, 2.75) is 39.7 Å². The lowest BCUT2D eigenvalue weighted by atomic mass is 9.79. The van der Waals surface area contributed by atoms with Crippen LogP contribution in [0.25, 0.3) is 0 Å². The summed E-state index contributed by atoms with van der Waals surface area (Å²) in [5, 5.41) is 13.2. The number of benzene rings is 1. The fourth-order valence-corrected chi connectivity index (χ4v) is 3.08. The van der Waals surface area contributed by atoms with Gasteiger partial charge in [-0.3, -0.25) is 0 Å². The average molecular weight is 259 g/mol. The minimum atomic E-state index is 0.147. The van der Waals surface area contributed by atoms with E-state index in [2.05, 4.69) is 56.4 Å². The molecule has 1 aromatic carbocycles. The van der Waals surface area contributed by atoms with Crippen molar-refractivity contribution in [2.24, 2.45) is 11.8 Å². The summed E-state index contributed by atoms with van der Waals surface area (Å²) < 4.78 is 0. The Balaban J connectivity index is 2.04. The summed E-state index contributed by atoms with van der Waals surface area (Å²) in [6.45, 7) is 6.74. The van der Waals surface area contributed by atoms with E-state index in [1.165, 1.54) is 11.1 Å². The zero-order chi connectivity index (χ0) is 13.8. The zero-order valence-electron chi connectivity index (χ0n) is 12.2. The molecule has 0 saturated heterocycles. The largest absolute Gasteiger partial charge is 0.394 e. The topological polar surface area (TPSA) is 32.3 Å². The molecule has 1 aliphatic rings. The summed E-state index contributed by atoms with van der Waals surface area (Å²) in [6.07, 6.45) is 4.60. The molecule has 104 valence electrons. The molecule has 2 heteroatoms. The SMILES string of the molecule is CC1=CC(C)CC(C(CO)Nc2ccc(C)cc2)C1. The minimum absolute atomic E-state index is 0.147. The maximum absolute atomic E-state index is 9.68. The Labute approximate surface area is 116 Å². The van der Waals surface area contributed by atoms with Crippen LogP contribution < -0.4 is 5.32 Å². The number of aliphatic hydroxyl groups excluding tert-OH is 1. The second-order valence-corrected chi connectivity index (χ2v) is 5.99. The minimum Gasteiger partial charge on any atom is -0.394 e. The van der Waals surface area contributed by atoms with Crippen molar-refractivity contribution in [1.29, 1.82) is 0 Å². The first-order valence-corrected chi connectivity index (χ1v) is 7.20. The molecule has 2 N–H and O–H groups in total. The molecule has 1 aliphatic carbocycles. The van der Waals surface area contributed by atoms with Gasteiger partial charge in [-0.2, -0.15) is 0 Å². The van der Waals surface area contributed by atoms with E-state index in [9.17, 15) is 5.11 Å². The van der Waals surface area contributed by atoms with Gasteiger partial charge in [0.1, 0.15) is 0 Å². The number of allylic oxidation sites excluding steroid dienone is 2. The van der Waals surface area contributed by atoms with Gasteiger partial charge in [0.15, 0.2) is 0 Å². The van der Waals surface area contributed by atoms with Gasteiger partial charge >= 0.3 is 0 Å². The van der Waals surface area contributed by atoms with Crippen molar-refractivity contribution in [3.05, 3.63) is 41.5 Å². The molecule has 2 rings (SSSR count). The molecule has 19 heavy (non-hydrogen) atoms. The van der Waals surface area contributed by atoms with Gasteiger partial charge in [-0.05, 0) is 50.7 Å². The highest BCUT2D eigenvalue weighted by Gasteiger charge is 2.25. The number of hydrogen-bond acceptors (Lipinski definition) is 2. The Morgan fingerprint density at radius 3 is 2.53 bits per heavy atom. The monoisotopic (exact) mass is 259 g/mol. The predicted octanol–water partition coefficient (Wildman–Crippen LogP) is 3.76. The summed E-state index contributed by atoms with van der Waals surface area (Å²) in [6, 6.07) is 8.53. The molecule has 0 aromatic heterocycles. The van der Waals surface area contributed by atoms with Crippen molar-refractivity contribution in [1.82, 2.24) is 0 Å². The van der Waals surface area contributed by atoms with E-state index in [1.54, 1.807) is 0 Å². The van der Waals surface area contributed by atoms with Crippen LogP contribution in [0.5, 0.6) is 0 Å². The second kappa shape index (κ2) is 6.25. The van der Waals surface area contributed by atoms with E-state index in [-0.39, 0.29) is 12.6 Å². The molecule has 0 amide bonds. The number of rotatable bonds is 4. The van der Waals surface area contributed by atoms with Gasteiger partial charge in [0, 0.05) is 5.69 Å². The Kier molecular flexibility index (Phi) is 4.65. The smallest absolute Gasteiger partial charge is 0.0635 e. The third kappa shape index (κ3) is 3.84. The lowest BCUT2D eigenvalue weighted by molar-refractivity contribution is 0.220. The first-order valence-electron chi connectivity index (χ1n) is 7.20. The maximum atomic E-state index is 9.68. The van der Waals surface area contributed by atoms with Gasteiger partial charge in [0.25, 0.3) is 0 Å².